The number of rotatable bonds is 5. The van der Waals surface area contributed by atoms with E-state index in [-0.39, 0.29) is 11.2 Å². The summed E-state index contributed by atoms with van der Waals surface area (Å²) in [6, 6.07) is 4.51. The lowest BCUT2D eigenvalue weighted by molar-refractivity contribution is 0.0936. The summed E-state index contributed by atoms with van der Waals surface area (Å²) in [6.07, 6.45) is 8.16. The molecule has 0 aromatic carbocycles. The quantitative estimate of drug-likeness (QED) is 0.800. The van der Waals surface area contributed by atoms with E-state index in [9.17, 15) is 4.79 Å². The topological polar surface area (TPSA) is 42.0 Å². The van der Waals surface area contributed by atoms with Crippen molar-refractivity contribution >= 4 is 11.6 Å². The summed E-state index contributed by atoms with van der Waals surface area (Å²) in [7, 11) is 0. The van der Waals surface area contributed by atoms with Crippen molar-refractivity contribution < 1.29 is 4.79 Å². The summed E-state index contributed by atoms with van der Waals surface area (Å²) in [6.45, 7) is 6.47. The van der Waals surface area contributed by atoms with E-state index in [1.807, 2.05) is 12.1 Å². The molecule has 0 radical (unpaired) electrons. The molecule has 1 N–H and O–H groups in total. The first-order valence-electron chi connectivity index (χ1n) is 8.74. The molecule has 1 aromatic rings. The molecular formula is C19H28N2O. The molecule has 2 aliphatic rings. The van der Waals surface area contributed by atoms with Crippen LogP contribution in [0.4, 0.5) is 5.82 Å². The maximum absolute atomic E-state index is 12.6. The monoisotopic (exact) mass is 300 g/mol. The molecule has 2 fully saturated rings. The average molecular weight is 300 g/mol. The van der Waals surface area contributed by atoms with E-state index in [0.29, 0.717) is 18.4 Å². The minimum absolute atomic E-state index is 0.0389. The summed E-state index contributed by atoms with van der Waals surface area (Å²) in [4.78, 5) is 17.4. The first-order valence-corrected chi connectivity index (χ1v) is 8.74. The molecule has 3 nitrogen and oxygen atoms in total. The highest BCUT2D eigenvalue weighted by molar-refractivity contribution is 5.97. The van der Waals surface area contributed by atoms with E-state index < -0.39 is 0 Å². The number of anilines is 1. The third-order valence-electron chi connectivity index (χ3n) is 5.07. The van der Waals surface area contributed by atoms with Gasteiger partial charge in [0, 0.05) is 29.1 Å². The molecule has 0 aliphatic heterocycles. The summed E-state index contributed by atoms with van der Waals surface area (Å²) in [5.41, 5.74) is 1.81. The van der Waals surface area contributed by atoms with Gasteiger partial charge < -0.3 is 5.32 Å². The molecule has 3 rings (SSSR count). The molecule has 0 bridgehead atoms. The summed E-state index contributed by atoms with van der Waals surface area (Å²) in [5, 5.41) is 3.50. The van der Waals surface area contributed by atoms with Crippen LogP contribution in [0, 0.1) is 5.92 Å². The maximum atomic E-state index is 12.6. The molecular weight excluding hydrogens is 272 g/mol. The summed E-state index contributed by atoms with van der Waals surface area (Å²) >= 11 is 0. The molecule has 120 valence electrons. The van der Waals surface area contributed by atoms with Crippen molar-refractivity contribution in [1.82, 2.24) is 4.98 Å². The summed E-state index contributed by atoms with van der Waals surface area (Å²) < 4.78 is 0. The second kappa shape index (κ2) is 6.02. The molecule has 22 heavy (non-hydrogen) atoms. The van der Waals surface area contributed by atoms with Crippen molar-refractivity contribution in [3.63, 3.8) is 0 Å². The molecule has 0 unspecified atom stereocenters. The molecule has 1 heterocycles. The lowest BCUT2D eigenvalue weighted by Gasteiger charge is -2.28. The fourth-order valence-corrected chi connectivity index (χ4v) is 2.99. The van der Waals surface area contributed by atoms with Crippen molar-refractivity contribution in [2.24, 2.45) is 5.92 Å². The van der Waals surface area contributed by atoms with Crippen LogP contribution in [0.15, 0.2) is 12.1 Å². The molecule has 3 heteroatoms. The Labute approximate surface area is 133 Å². The van der Waals surface area contributed by atoms with Gasteiger partial charge in [0.25, 0.3) is 0 Å². The number of nitrogens with zero attached hydrogens (tertiary/aromatic N) is 1. The van der Waals surface area contributed by atoms with E-state index in [2.05, 4.69) is 26.1 Å². The van der Waals surface area contributed by atoms with Crippen LogP contribution >= 0.6 is 0 Å². The highest BCUT2D eigenvalue weighted by Gasteiger charge is 2.25. The second-order valence-corrected chi connectivity index (χ2v) is 8.07. The number of hydrogen-bond acceptors (Lipinski definition) is 3. The van der Waals surface area contributed by atoms with E-state index in [0.717, 1.165) is 17.1 Å². The highest BCUT2D eigenvalue weighted by Crippen LogP contribution is 2.32. The van der Waals surface area contributed by atoms with Gasteiger partial charge in [0.1, 0.15) is 5.82 Å². The first kappa shape index (κ1) is 15.5. The Morgan fingerprint density at radius 3 is 2.36 bits per heavy atom. The van der Waals surface area contributed by atoms with Gasteiger partial charge in [0.2, 0.25) is 0 Å². The number of ketones is 1. The van der Waals surface area contributed by atoms with Crippen LogP contribution in [0.25, 0.3) is 0 Å². The molecule has 2 aliphatic carbocycles. The highest BCUT2D eigenvalue weighted by atomic mass is 16.1. The van der Waals surface area contributed by atoms with Crippen LogP contribution in [-0.2, 0) is 5.41 Å². The van der Waals surface area contributed by atoms with Crippen molar-refractivity contribution in [3.8, 4) is 0 Å². The lowest BCUT2D eigenvalue weighted by Crippen LogP contribution is -2.28. The number of hydrogen-bond donors (Lipinski definition) is 1. The van der Waals surface area contributed by atoms with Gasteiger partial charge in [-0.3, -0.25) is 4.79 Å². The summed E-state index contributed by atoms with van der Waals surface area (Å²) in [5.74, 6) is 1.78. The molecule has 1 aromatic heterocycles. The average Bonchev–Trinajstić information content (AvgIpc) is 2.36. The fourth-order valence-electron chi connectivity index (χ4n) is 2.99. The Balaban J connectivity index is 1.82. The Morgan fingerprint density at radius 2 is 1.86 bits per heavy atom. The maximum Gasteiger partial charge on any atom is 0.163 e. The van der Waals surface area contributed by atoms with Gasteiger partial charge in [-0.25, -0.2) is 4.98 Å². The van der Waals surface area contributed by atoms with Crippen LogP contribution in [-0.4, -0.2) is 16.8 Å². The molecule has 0 atom stereocenters. The van der Waals surface area contributed by atoms with Crippen LogP contribution in [0.3, 0.4) is 0 Å². The largest absolute Gasteiger partial charge is 0.367 e. The van der Waals surface area contributed by atoms with Crippen LogP contribution in [0.2, 0.25) is 0 Å². The Kier molecular flexibility index (Phi) is 4.24. The zero-order valence-electron chi connectivity index (χ0n) is 14.1. The zero-order valence-corrected chi connectivity index (χ0v) is 14.1. The molecule has 2 saturated carbocycles. The fraction of sp³-hybridized carbons (Fsp3) is 0.684. The van der Waals surface area contributed by atoms with Gasteiger partial charge in [-0.2, -0.15) is 0 Å². The van der Waals surface area contributed by atoms with Crippen LogP contribution in [0.5, 0.6) is 0 Å². The number of aromatic nitrogens is 1. The van der Waals surface area contributed by atoms with Gasteiger partial charge in [0.15, 0.2) is 5.78 Å². The molecule has 0 saturated heterocycles. The molecule has 0 spiro atoms. The predicted octanol–water partition coefficient (Wildman–Crippen LogP) is 4.72. The van der Waals surface area contributed by atoms with E-state index >= 15 is 0 Å². The minimum atomic E-state index is -0.0389. The van der Waals surface area contributed by atoms with Gasteiger partial charge in [0.05, 0.1) is 0 Å². The van der Waals surface area contributed by atoms with E-state index in [1.165, 1.54) is 38.5 Å². The normalized spacial score (nSPS) is 19.4. The molecule has 0 amide bonds. The van der Waals surface area contributed by atoms with E-state index in [4.69, 9.17) is 4.98 Å². The first-order chi connectivity index (χ1) is 10.4. The Morgan fingerprint density at radius 1 is 1.18 bits per heavy atom. The number of nitrogens with one attached hydrogen (secondary N) is 1. The van der Waals surface area contributed by atoms with Crippen molar-refractivity contribution in [2.75, 3.05) is 5.32 Å². The SMILES string of the molecule is CC(C)(C)c1cc(C(=O)CC2CCC2)cc(NC2CCC2)n1. The lowest BCUT2D eigenvalue weighted by atomic mass is 9.80. The van der Waals surface area contributed by atoms with Crippen LogP contribution < -0.4 is 5.32 Å². The predicted molar refractivity (Wildman–Crippen MR) is 90.5 cm³/mol. The second-order valence-electron chi connectivity index (χ2n) is 8.07. The third kappa shape index (κ3) is 3.50. The van der Waals surface area contributed by atoms with Crippen molar-refractivity contribution in [1.29, 1.82) is 0 Å². The van der Waals surface area contributed by atoms with Crippen molar-refractivity contribution in [2.45, 2.75) is 77.2 Å². The van der Waals surface area contributed by atoms with Gasteiger partial charge in [-0.05, 0) is 37.3 Å². The van der Waals surface area contributed by atoms with Gasteiger partial charge in [-0.15, -0.1) is 0 Å². The van der Waals surface area contributed by atoms with Gasteiger partial charge in [-0.1, -0.05) is 40.0 Å². The number of carbonyl (C=O) groups is 1. The Hall–Kier alpha value is -1.38. The smallest absolute Gasteiger partial charge is 0.163 e. The Bertz CT molecular complexity index is 551. The zero-order chi connectivity index (χ0) is 15.7. The number of Topliss-reactive ketones (excluding diaryl/α,β-unsaturated/α-hetero) is 1. The number of pyridine rings is 1. The van der Waals surface area contributed by atoms with Crippen molar-refractivity contribution in [3.05, 3.63) is 23.4 Å². The van der Waals surface area contributed by atoms with Crippen LogP contribution in [0.1, 0.15) is 81.8 Å². The number of carbonyl (C=O) groups excluding carboxylic acids is 1. The van der Waals surface area contributed by atoms with E-state index in [1.54, 1.807) is 0 Å². The van der Waals surface area contributed by atoms with Gasteiger partial charge >= 0.3 is 0 Å². The minimum Gasteiger partial charge on any atom is -0.367 e. The standard InChI is InChI=1S/C19H28N2O/c1-19(2,3)17-11-14(16(22)10-13-6-4-7-13)12-18(21-17)20-15-8-5-9-15/h11-13,15H,4-10H2,1-3H3,(H,20,21). The third-order valence-corrected chi connectivity index (χ3v) is 5.07.